The quantitative estimate of drug-likeness (QED) is 0.681. The van der Waals surface area contributed by atoms with Crippen LogP contribution >= 0.6 is 11.6 Å². The van der Waals surface area contributed by atoms with Crippen LogP contribution in [-0.4, -0.2) is 9.13 Å². The highest BCUT2D eigenvalue weighted by atomic mass is 35.5. The maximum atomic E-state index is 13.2. The number of nitrogens with zero attached hydrogens (tertiary/aromatic N) is 2. The molecular formula is C19H19ClN2O2. The van der Waals surface area contributed by atoms with Crippen molar-refractivity contribution in [3.63, 3.8) is 0 Å². The lowest BCUT2D eigenvalue weighted by atomic mass is 10.0. The van der Waals surface area contributed by atoms with E-state index in [1.807, 2.05) is 6.07 Å². The SMILES string of the molecule is CCCCc1cc(=O)n2c3c1c(=O)c1cc(Cl)ccc1n3CCC2. The zero-order valence-corrected chi connectivity index (χ0v) is 14.4. The maximum Gasteiger partial charge on any atom is 0.252 e. The second kappa shape index (κ2) is 5.78. The van der Waals surface area contributed by atoms with Crippen molar-refractivity contribution in [3.8, 4) is 0 Å². The second-order valence-corrected chi connectivity index (χ2v) is 6.89. The Balaban J connectivity index is 2.24. The molecule has 0 N–H and O–H groups in total. The Labute approximate surface area is 144 Å². The van der Waals surface area contributed by atoms with E-state index < -0.39 is 0 Å². The van der Waals surface area contributed by atoms with E-state index in [0.29, 0.717) is 22.3 Å². The third-order valence-corrected chi connectivity index (χ3v) is 5.14. The minimum Gasteiger partial charge on any atom is -0.326 e. The number of rotatable bonds is 3. The van der Waals surface area contributed by atoms with Crippen molar-refractivity contribution in [1.29, 1.82) is 0 Å². The highest BCUT2D eigenvalue weighted by molar-refractivity contribution is 6.31. The number of aromatic nitrogens is 2. The molecule has 0 spiro atoms. The molecule has 0 amide bonds. The van der Waals surface area contributed by atoms with Crippen LogP contribution in [0.15, 0.2) is 33.9 Å². The molecule has 0 saturated heterocycles. The summed E-state index contributed by atoms with van der Waals surface area (Å²) in [6.07, 6.45) is 3.63. The number of hydrogen-bond donors (Lipinski definition) is 0. The molecule has 4 nitrogen and oxygen atoms in total. The molecule has 4 rings (SSSR count). The predicted octanol–water partition coefficient (Wildman–Crippen LogP) is 3.72. The first kappa shape index (κ1) is 15.5. The standard InChI is InChI=1S/C19H19ClN2O2/c1-2-3-5-12-10-16(23)22-9-4-8-21-15-7-6-13(20)11-14(15)18(24)17(12)19(21)22/h6-7,10-11H,2-5,8-9H2,1H3. The number of hydrogen-bond acceptors (Lipinski definition) is 2. The van der Waals surface area contributed by atoms with Gasteiger partial charge in [-0.15, -0.1) is 0 Å². The monoisotopic (exact) mass is 342 g/mol. The zero-order chi connectivity index (χ0) is 16.8. The molecule has 0 saturated carbocycles. The van der Waals surface area contributed by atoms with Crippen molar-refractivity contribution >= 4 is 33.5 Å². The van der Waals surface area contributed by atoms with Gasteiger partial charge in [0.05, 0.1) is 10.9 Å². The Morgan fingerprint density at radius 2 is 1.92 bits per heavy atom. The zero-order valence-electron chi connectivity index (χ0n) is 13.6. The van der Waals surface area contributed by atoms with Gasteiger partial charge in [-0.05, 0) is 43.0 Å². The van der Waals surface area contributed by atoms with Crippen molar-refractivity contribution in [1.82, 2.24) is 9.13 Å². The third-order valence-electron chi connectivity index (χ3n) is 4.90. The lowest BCUT2D eigenvalue weighted by Crippen LogP contribution is -2.30. The summed E-state index contributed by atoms with van der Waals surface area (Å²) in [5.41, 5.74) is 2.49. The predicted molar refractivity (Wildman–Crippen MR) is 98.2 cm³/mol. The molecule has 1 aliphatic rings. The molecule has 24 heavy (non-hydrogen) atoms. The molecule has 5 heteroatoms. The summed E-state index contributed by atoms with van der Waals surface area (Å²) in [7, 11) is 0. The first-order chi connectivity index (χ1) is 11.6. The number of fused-ring (bicyclic) bond motifs is 2. The van der Waals surface area contributed by atoms with Crippen LogP contribution in [0.4, 0.5) is 0 Å². The molecule has 2 aromatic heterocycles. The van der Waals surface area contributed by atoms with Gasteiger partial charge in [-0.2, -0.15) is 0 Å². The minimum absolute atomic E-state index is 0.00485. The Morgan fingerprint density at radius 3 is 2.71 bits per heavy atom. The summed E-state index contributed by atoms with van der Waals surface area (Å²) < 4.78 is 3.87. The van der Waals surface area contributed by atoms with Gasteiger partial charge in [-0.25, -0.2) is 0 Å². The fourth-order valence-corrected chi connectivity index (χ4v) is 3.95. The smallest absolute Gasteiger partial charge is 0.252 e. The van der Waals surface area contributed by atoms with Gasteiger partial charge < -0.3 is 4.57 Å². The molecule has 3 aromatic rings. The molecule has 124 valence electrons. The first-order valence-corrected chi connectivity index (χ1v) is 8.88. The summed E-state index contributed by atoms with van der Waals surface area (Å²) in [6.45, 7) is 3.59. The van der Waals surface area contributed by atoms with Crippen molar-refractivity contribution in [2.75, 3.05) is 0 Å². The van der Waals surface area contributed by atoms with Gasteiger partial charge in [0.25, 0.3) is 5.56 Å². The van der Waals surface area contributed by atoms with Gasteiger partial charge in [0.1, 0.15) is 5.65 Å². The van der Waals surface area contributed by atoms with E-state index in [9.17, 15) is 9.59 Å². The molecule has 3 heterocycles. The maximum absolute atomic E-state index is 13.2. The van der Waals surface area contributed by atoms with Crippen molar-refractivity contribution < 1.29 is 0 Å². The molecule has 1 aliphatic heterocycles. The van der Waals surface area contributed by atoms with E-state index in [-0.39, 0.29) is 11.0 Å². The summed E-state index contributed by atoms with van der Waals surface area (Å²) >= 11 is 6.13. The molecule has 0 aliphatic carbocycles. The Morgan fingerprint density at radius 1 is 1.12 bits per heavy atom. The summed E-state index contributed by atoms with van der Waals surface area (Å²) in [5, 5.41) is 1.89. The van der Waals surface area contributed by atoms with Crippen LogP contribution < -0.4 is 11.0 Å². The number of aryl methyl sites for hydroxylation is 3. The fraction of sp³-hybridized carbons (Fsp3) is 0.368. The normalized spacial score (nSPS) is 13.8. The largest absolute Gasteiger partial charge is 0.326 e. The van der Waals surface area contributed by atoms with Crippen molar-refractivity contribution in [2.45, 2.75) is 45.7 Å². The second-order valence-electron chi connectivity index (χ2n) is 6.46. The van der Waals surface area contributed by atoms with Crippen LogP contribution in [-0.2, 0) is 19.5 Å². The van der Waals surface area contributed by atoms with E-state index in [4.69, 9.17) is 11.6 Å². The minimum atomic E-state index is -0.0134. The molecule has 0 bridgehead atoms. The van der Waals surface area contributed by atoms with Crippen LogP contribution in [0.1, 0.15) is 31.7 Å². The van der Waals surface area contributed by atoms with Crippen molar-refractivity contribution in [2.24, 2.45) is 0 Å². The highest BCUT2D eigenvalue weighted by Gasteiger charge is 2.21. The molecule has 0 atom stereocenters. The lowest BCUT2D eigenvalue weighted by Gasteiger charge is -2.24. The third kappa shape index (κ3) is 2.20. The topological polar surface area (TPSA) is 44.0 Å². The summed E-state index contributed by atoms with van der Waals surface area (Å²) in [5.74, 6) is 0. The number of halogens is 1. The Bertz CT molecular complexity index is 1080. The Kier molecular flexibility index (Phi) is 3.72. The van der Waals surface area contributed by atoms with E-state index in [2.05, 4.69) is 11.5 Å². The fourth-order valence-electron chi connectivity index (χ4n) is 3.78. The van der Waals surface area contributed by atoms with E-state index in [1.54, 1.807) is 22.8 Å². The summed E-state index contributed by atoms with van der Waals surface area (Å²) in [6, 6.07) is 7.09. The van der Waals surface area contributed by atoms with Crippen LogP contribution in [0.2, 0.25) is 5.02 Å². The number of benzene rings is 1. The van der Waals surface area contributed by atoms with Gasteiger partial charge in [-0.1, -0.05) is 24.9 Å². The van der Waals surface area contributed by atoms with E-state index >= 15 is 0 Å². The van der Waals surface area contributed by atoms with E-state index in [1.165, 1.54) is 0 Å². The summed E-state index contributed by atoms with van der Waals surface area (Å²) in [4.78, 5) is 25.8. The average molecular weight is 343 g/mol. The van der Waals surface area contributed by atoms with Crippen LogP contribution in [0, 0.1) is 0 Å². The van der Waals surface area contributed by atoms with Crippen molar-refractivity contribution in [3.05, 3.63) is 55.4 Å². The van der Waals surface area contributed by atoms with Gasteiger partial charge in [0.2, 0.25) is 0 Å². The molecular weight excluding hydrogens is 324 g/mol. The van der Waals surface area contributed by atoms with E-state index in [0.717, 1.165) is 49.0 Å². The lowest BCUT2D eigenvalue weighted by molar-refractivity contribution is 0.524. The Hall–Kier alpha value is -2.07. The molecule has 0 radical (unpaired) electrons. The molecule has 1 aromatic carbocycles. The van der Waals surface area contributed by atoms with Gasteiger partial charge in [-0.3, -0.25) is 14.2 Å². The van der Waals surface area contributed by atoms with Gasteiger partial charge in [0, 0.05) is 29.6 Å². The van der Waals surface area contributed by atoms with Crippen LogP contribution in [0.3, 0.4) is 0 Å². The first-order valence-electron chi connectivity index (χ1n) is 8.50. The van der Waals surface area contributed by atoms with Gasteiger partial charge >= 0.3 is 0 Å². The molecule has 0 fully saturated rings. The van der Waals surface area contributed by atoms with Crippen LogP contribution in [0.5, 0.6) is 0 Å². The average Bonchev–Trinajstić information content (AvgIpc) is 2.58. The van der Waals surface area contributed by atoms with Gasteiger partial charge in [0.15, 0.2) is 5.43 Å². The highest BCUT2D eigenvalue weighted by Crippen LogP contribution is 2.26. The number of pyridine rings is 2. The number of unbranched alkanes of at least 4 members (excludes halogenated alkanes) is 1. The molecule has 0 unspecified atom stereocenters. The van der Waals surface area contributed by atoms with Crippen LogP contribution in [0.25, 0.3) is 21.9 Å².